The lowest BCUT2D eigenvalue weighted by atomic mass is 10.0. The molecule has 0 amide bonds. The Kier molecular flexibility index (Phi) is 30.7. The molecule has 49 heavy (non-hydrogen) atoms. The fourth-order valence-electron chi connectivity index (χ4n) is 5.68. The zero-order chi connectivity index (χ0) is 36.6. The molecule has 0 spiro atoms. The van der Waals surface area contributed by atoms with Gasteiger partial charge >= 0.3 is 5.97 Å². The number of rotatable bonds is 34. The summed E-state index contributed by atoms with van der Waals surface area (Å²) in [6.45, 7) is 15.3. The number of hydrogen-bond donors (Lipinski definition) is 1. The molecule has 5 nitrogen and oxygen atoms in total. The summed E-state index contributed by atoms with van der Waals surface area (Å²) in [4.78, 5) is 25.8. The van der Waals surface area contributed by atoms with E-state index >= 15 is 0 Å². The summed E-state index contributed by atoms with van der Waals surface area (Å²) < 4.78 is 12.1. The standard InChI is InChI=1S/C43H82O5Si/c1-8-10-12-14-16-18-20-22-23-25-27-29-31-33-35-37-41(45)48-40(38-47-49(6,7)43(3,4)5)42(46)39(44)36-34-32-30-28-26-24-21-19-17-15-13-11-9-2/h16,18,22-23,40,42,46H,8-15,17,19-21,24-38H2,1-7H3/b18-16-,23-22-. The molecule has 0 aliphatic carbocycles. The molecule has 0 aromatic carbocycles. The van der Waals surface area contributed by atoms with Crippen LogP contribution in [0.4, 0.5) is 0 Å². The van der Waals surface area contributed by atoms with Gasteiger partial charge in [0.25, 0.3) is 0 Å². The van der Waals surface area contributed by atoms with Crippen molar-refractivity contribution in [3.63, 3.8) is 0 Å². The molecule has 0 bridgehead atoms. The fraction of sp³-hybridized carbons (Fsp3) is 0.860. The first-order valence-corrected chi connectivity index (χ1v) is 23.7. The third-order valence-electron chi connectivity index (χ3n) is 10.2. The third-order valence-corrected chi connectivity index (χ3v) is 14.7. The Morgan fingerprint density at radius 1 is 0.612 bits per heavy atom. The summed E-state index contributed by atoms with van der Waals surface area (Å²) in [5.41, 5.74) is 0. The predicted octanol–water partition coefficient (Wildman–Crippen LogP) is 13.1. The van der Waals surface area contributed by atoms with E-state index in [0.29, 0.717) is 12.8 Å². The van der Waals surface area contributed by atoms with E-state index in [0.717, 1.165) is 57.8 Å². The van der Waals surface area contributed by atoms with Crippen molar-refractivity contribution in [1.29, 1.82) is 0 Å². The molecule has 0 radical (unpaired) electrons. The Bertz CT molecular complexity index is 844. The molecule has 0 heterocycles. The number of allylic oxidation sites excluding steroid dienone is 4. The van der Waals surface area contributed by atoms with Crippen molar-refractivity contribution in [2.75, 3.05) is 6.61 Å². The maximum absolute atomic E-state index is 13.0. The van der Waals surface area contributed by atoms with Gasteiger partial charge < -0.3 is 14.3 Å². The molecule has 0 saturated carbocycles. The van der Waals surface area contributed by atoms with Gasteiger partial charge in [-0.3, -0.25) is 9.59 Å². The average molecular weight is 707 g/mol. The topological polar surface area (TPSA) is 72.8 Å². The molecule has 2 atom stereocenters. The highest BCUT2D eigenvalue weighted by atomic mass is 28.4. The molecule has 0 aromatic rings. The van der Waals surface area contributed by atoms with Crippen molar-refractivity contribution in [2.45, 2.75) is 232 Å². The first-order valence-electron chi connectivity index (χ1n) is 20.8. The molecule has 6 heteroatoms. The maximum Gasteiger partial charge on any atom is 0.306 e. The van der Waals surface area contributed by atoms with Gasteiger partial charge in [0.05, 0.1) is 6.61 Å². The van der Waals surface area contributed by atoms with Crippen LogP contribution < -0.4 is 0 Å². The second-order valence-electron chi connectivity index (χ2n) is 16.0. The molecule has 0 aliphatic heterocycles. The summed E-state index contributed by atoms with van der Waals surface area (Å²) in [6.07, 6.45) is 36.0. The quantitative estimate of drug-likeness (QED) is 0.0312. The van der Waals surface area contributed by atoms with E-state index in [1.807, 2.05) is 0 Å². The molecule has 0 aliphatic rings. The van der Waals surface area contributed by atoms with Gasteiger partial charge in [-0.25, -0.2) is 0 Å². The predicted molar refractivity (Wildman–Crippen MR) is 214 cm³/mol. The highest BCUT2D eigenvalue weighted by Crippen LogP contribution is 2.36. The minimum Gasteiger partial charge on any atom is -0.457 e. The second-order valence-corrected chi connectivity index (χ2v) is 20.8. The van der Waals surface area contributed by atoms with E-state index in [2.05, 4.69) is 72.0 Å². The lowest BCUT2D eigenvalue weighted by Gasteiger charge is -2.37. The summed E-state index contributed by atoms with van der Waals surface area (Å²) >= 11 is 0. The second kappa shape index (κ2) is 31.5. The van der Waals surface area contributed by atoms with Gasteiger partial charge in [-0.05, 0) is 63.1 Å². The van der Waals surface area contributed by atoms with Gasteiger partial charge in [0.2, 0.25) is 0 Å². The van der Waals surface area contributed by atoms with Crippen LogP contribution in [0.5, 0.6) is 0 Å². The molecule has 0 rings (SSSR count). The fourth-order valence-corrected chi connectivity index (χ4v) is 6.69. The zero-order valence-electron chi connectivity index (χ0n) is 33.6. The van der Waals surface area contributed by atoms with Gasteiger partial charge in [-0.2, -0.15) is 0 Å². The normalized spacial score (nSPS) is 13.8. The highest BCUT2D eigenvalue weighted by Gasteiger charge is 2.39. The average Bonchev–Trinajstić information content (AvgIpc) is 3.06. The van der Waals surface area contributed by atoms with Crippen molar-refractivity contribution in [3.05, 3.63) is 24.3 Å². The number of carbonyl (C=O) groups excluding carboxylic acids is 2. The molecule has 0 saturated heterocycles. The zero-order valence-corrected chi connectivity index (χ0v) is 34.6. The van der Waals surface area contributed by atoms with Crippen molar-refractivity contribution in [3.8, 4) is 0 Å². The largest absolute Gasteiger partial charge is 0.457 e. The first kappa shape index (κ1) is 47.8. The Morgan fingerprint density at radius 2 is 1.02 bits per heavy atom. The van der Waals surface area contributed by atoms with Crippen molar-refractivity contribution in [2.24, 2.45) is 0 Å². The number of carbonyl (C=O) groups is 2. The number of hydrogen-bond acceptors (Lipinski definition) is 5. The van der Waals surface area contributed by atoms with Crippen LogP contribution in [0.25, 0.3) is 0 Å². The Balaban J connectivity index is 4.43. The van der Waals surface area contributed by atoms with E-state index in [4.69, 9.17) is 9.16 Å². The van der Waals surface area contributed by atoms with Gasteiger partial charge in [-0.15, -0.1) is 0 Å². The Labute approximate surface area is 306 Å². The minimum absolute atomic E-state index is 0.0219. The number of Topliss-reactive ketones (excluding diaryl/α,β-unsaturated/α-hetero) is 1. The van der Waals surface area contributed by atoms with Gasteiger partial charge in [0.15, 0.2) is 26.3 Å². The molecular formula is C43H82O5Si. The monoisotopic (exact) mass is 707 g/mol. The Hall–Kier alpha value is -1.24. The van der Waals surface area contributed by atoms with E-state index in [1.54, 1.807) is 0 Å². The summed E-state index contributed by atoms with van der Waals surface area (Å²) in [5.74, 6) is -0.584. The van der Waals surface area contributed by atoms with E-state index in [1.165, 1.54) is 96.3 Å². The molecule has 0 aromatic heterocycles. The number of esters is 1. The maximum atomic E-state index is 13.0. The number of aliphatic hydroxyl groups excluding tert-OH is 1. The van der Waals surface area contributed by atoms with Crippen molar-refractivity contribution in [1.82, 2.24) is 0 Å². The number of unbranched alkanes of at least 4 members (excludes halogenated alkanes) is 20. The smallest absolute Gasteiger partial charge is 0.306 e. The van der Waals surface area contributed by atoms with Crippen LogP contribution in [-0.4, -0.2) is 44.0 Å². The van der Waals surface area contributed by atoms with Gasteiger partial charge in [0.1, 0.15) is 0 Å². The van der Waals surface area contributed by atoms with Crippen LogP contribution in [0.3, 0.4) is 0 Å². The van der Waals surface area contributed by atoms with Gasteiger partial charge in [-0.1, -0.05) is 168 Å². The number of ketones is 1. The lowest BCUT2D eigenvalue weighted by Crippen LogP contribution is -2.47. The molecule has 2 unspecified atom stereocenters. The number of aliphatic hydroxyl groups is 1. The molecule has 1 N–H and O–H groups in total. The highest BCUT2D eigenvalue weighted by molar-refractivity contribution is 6.74. The summed E-state index contributed by atoms with van der Waals surface area (Å²) in [5, 5.41) is 11.0. The van der Waals surface area contributed by atoms with Crippen LogP contribution in [0.15, 0.2) is 24.3 Å². The lowest BCUT2D eigenvalue weighted by molar-refractivity contribution is -0.161. The SMILES string of the molecule is CCCCC/C=C\C/C=C\CCCCCCCC(=O)OC(CO[Si](C)(C)C(C)(C)C)C(O)C(=O)CCCCCCCCCCCCCCC. The summed E-state index contributed by atoms with van der Waals surface area (Å²) in [6, 6.07) is 0. The van der Waals surface area contributed by atoms with Crippen LogP contribution >= 0.6 is 0 Å². The van der Waals surface area contributed by atoms with Crippen LogP contribution in [0.1, 0.15) is 202 Å². The summed E-state index contributed by atoms with van der Waals surface area (Å²) in [7, 11) is -2.15. The van der Waals surface area contributed by atoms with Crippen LogP contribution in [-0.2, 0) is 18.8 Å². The van der Waals surface area contributed by atoms with E-state index in [9.17, 15) is 14.7 Å². The first-order chi connectivity index (χ1) is 23.5. The van der Waals surface area contributed by atoms with E-state index < -0.39 is 20.5 Å². The minimum atomic E-state index is -2.15. The third kappa shape index (κ3) is 28.1. The van der Waals surface area contributed by atoms with Crippen molar-refractivity contribution >= 4 is 20.1 Å². The van der Waals surface area contributed by atoms with Crippen LogP contribution in [0.2, 0.25) is 18.1 Å². The molecular weight excluding hydrogens is 625 g/mol. The van der Waals surface area contributed by atoms with Crippen LogP contribution in [0, 0.1) is 0 Å². The Morgan fingerprint density at radius 3 is 1.51 bits per heavy atom. The van der Waals surface area contributed by atoms with Crippen molar-refractivity contribution < 1.29 is 23.9 Å². The molecule has 0 fully saturated rings. The molecule has 288 valence electrons. The number of ether oxygens (including phenoxy) is 1. The van der Waals surface area contributed by atoms with E-state index in [-0.39, 0.29) is 23.4 Å². The van der Waals surface area contributed by atoms with Gasteiger partial charge in [0, 0.05) is 12.8 Å².